The van der Waals surface area contributed by atoms with Gasteiger partial charge in [-0.3, -0.25) is 0 Å². The first-order chi connectivity index (χ1) is 9.67. The van der Waals surface area contributed by atoms with Gasteiger partial charge in [-0.1, -0.05) is 6.07 Å². The number of ether oxygens (including phenoxy) is 3. The Hall–Kier alpha value is -1.13. The van der Waals surface area contributed by atoms with Crippen LogP contribution in [0.3, 0.4) is 0 Å². The summed E-state index contributed by atoms with van der Waals surface area (Å²) in [6.07, 6.45) is 3.48. The van der Waals surface area contributed by atoms with Crippen LogP contribution in [-0.2, 0) is 9.47 Å². The number of halogens is 1. The van der Waals surface area contributed by atoms with Crippen LogP contribution < -0.4 is 4.74 Å². The Bertz CT molecular complexity index is 463. The number of benzene rings is 1. The van der Waals surface area contributed by atoms with Crippen LogP contribution in [0, 0.1) is 12.7 Å². The second kappa shape index (κ2) is 5.70. The van der Waals surface area contributed by atoms with Gasteiger partial charge >= 0.3 is 0 Å². The zero-order chi connectivity index (χ0) is 14.0. The van der Waals surface area contributed by atoms with Gasteiger partial charge in [0.1, 0.15) is 6.10 Å². The molecule has 0 saturated carbocycles. The van der Waals surface area contributed by atoms with E-state index in [-0.39, 0.29) is 17.5 Å². The van der Waals surface area contributed by atoms with Crippen LogP contribution in [0.5, 0.6) is 5.75 Å². The van der Waals surface area contributed by atoms with E-state index in [0.717, 1.165) is 44.5 Å². The van der Waals surface area contributed by atoms with Crippen molar-refractivity contribution >= 4 is 0 Å². The predicted octanol–water partition coefficient (Wildman–Crippen LogP) is 3.24. The highest BCUT2D eigenvalue weighted by Gasteiger charge is 2.40. The van der Waals surface area contributed by atoms with E-state index in [4.69, 9.17) is 14.2 Å². The second-order valence-electron chi connectivity index (χ2n) is 5.81. The van der Waals surface area contributed by atoms with Crippen LogP contribution in [0.1, 0.15) is 31.2 Å². The van der Waals surface area contributed by atoms with E-state index in [1.807, 2.05) is 6.92 Å². The average molecular weight is 280 g/mol. The summed E-state index contributed by atoms with van der Waals surface area (Å²) in [6, 6.07) is 4.99. The minimum absolute atomic E-state index is 0.0261. The molecule has 110 valence electrons. The minimum Gasteiger partial charge on any atom is -0.487 e. The molecule has 3 rings (SSSR count). The second-order valence-corrected chi connectivity index (χ2v) is 5.81. The lowest BCUT2D eigenvalue weighted by Crippen LogP contribution is -2.47. The van der Waals surface area contributed by atoms with Gasteiger partial charge in [-0.2, -0.15) is 0 Å². The van der Waals surface area contributed by atoms with Crippen molar-refractivity contribution in [2.45, 2.75) is 44.3 Å². The van der Waals surface area contributed by atoms with E-state index in [9.17, 15) is 4.39 Å². The Morgan fingerprint density at radius 1 is 1.25 bits per heavy atom. The molecule has 2 aliphatic rings. The zero-order valence-corrected chi connectivity index (χ0v) is 11.9. The number of hydrogen-bond donors (Lipinski definition) is 0. The van der Waals surface area contributed by atoms with Crippen molar-refractivity contribution in [2.75, 3.05) is 19.8 Å². The third-order valence-electron chi connectivity index (χ3n) is 4.23. The highest BCUT2D eigenvalue weighted by atomic mass is 19.1. The molecule has 20 heavy (non-hydrogen) atoms. The molecule has 0 aromatic heterocycles. The lowest BCUT2D eigenvalue weighted by molar-refractivity contribution is -0.155. The highest BCUT2D eigenvalue weighted by molar-refractivity contribution is 5.29. The van der Waals surface area contributed by atoms with Gasteiger partial charge in [0.25, 0.3) is 0 Å². The molecular formula is C16H21FO3. The van der Waals surface area contributed by atoms with Gasteiger partial charge in [0, 0.05) is 26.1 Å². The maximum absolute atomic E-state index is 13.8. The van der Waals surface area contributed by atoms with Crippen LogP contribution in [-0.4, -0.2) is 31.5 Å². The smallest absolute Gasteiger partial charge is 0.165 e. The summed E-state index contributed by atoms with van der Waals surface area (Å²) < 4.78 is 31.1. The summed E-state index contributed by atoms with van der Waals surface area (Å²) in [5.74, 6) is 0.0715. The number of aryl methyl sites for hydroxylation is 1. The van der Waals surface area contributed by atoms with Crippen molar-refractivity contribution in [1.29, 1.82) is 0 Å². The predicted molar refractivity (Wildman–Crippen MR) is 73.5 cm³/mol. The minimum atomic E-state index is -0.289. The Balaban J connectivity index is 1.69. The molecule has 2 saturated heterocycles. The summed E-state index contributed by atoms with van der Waals surface area (Å²) in [7, 11) is 0. The summed E-state index contributed by atoms with van der Waals surface area (Å²) in [6.45, 7) is 4.10. The molecule has 2 aliphatic heterocycles. The van der Waals surface area contributed by atoms with Crippen LogP contribution in [0.2, 0.25) is 0 Å². The molecule has 3 nitrogen and oxygen atoms in total. The van der Waals surface area contributed by atoms with Crippen LogP contribution in [0.15, 0.2) is 18.2 Å². The van der Waals surface area contributed by atoms with E-state index in [1.54, 1.807) is 12.1 Å². The normalized spacial score (nSPS) is 25.6. The van der Waals surface area contributed by atoms with Crippen molar-refractivity contribution in [3.05, 3.63) is 29.6 Å². The van der Waals surface area contributed by atoms with Gasteiger partial charge < -0.3 is 14.2 Å². The molecule has 1 unspecified atom stereocenters. The molecular weight excluding hydrogens is 259 g/mol. The maximum atomic E-state index is 13.8. The fourth-order valence-electron chi connectivity index (χ4n) is 3.06. The molecule has 0 N–H and O–H groups in total. The number of hydrogen-bond acceptors (Lipinski definition) is 3. The Labute approximate surface area is 119 Å². The fraction of sp³-hybridized carbons (Fsp3) is 0.625. The Morgan fingerprint density at radius 3 is 2.85 bits per heavy atom. The molecule has 1 atom stereocenters. The van der Waals surface area contributed by atoms with Gasteiger partial charge in [-0.05, 0) is 37.5 Å². The van der Waals surface area contributed by atoms with Gasteiger partial charge in [-0.25, -0.2) is 4.39 Å². The molecule has 0 amide bonds. The van der Waals surface area contributed by atoms with E-state index >= 15 is 0 Å². The number of rotatable bonds is 2. The van der Waals surface area contributed by atoms with Gasteiger partial charge in [0.2, 0.25) is 0 Å². The Kier molecular flexibility index (Phi) is 3.94. The van der Waals surface area contributed by atoms with Crippen LogP contribution in [0.4, 0.5) is 4.39 Å². The lowest BCUT2D eigenvalue weighted by Gasteiger charge is -2.43. The summed E-state index contributed by atoms with van der Waals surface area (Å²) in [5.41, 5.74) is 0.885. The largest absolute Gasteiger partial charge is 0.487 e. The maximum Gasteiger partial charge on any atom is 0.165 e. The summed E-state index contributed by atoms with van der Waals surface area (Å²) in [4.78, 5) is 0. The Morgan fingerprint density at radius 2 is 2.05 bits per heavy atom. The highest BCUT2D eigenvalue weighted by Crippen LogP contribution is 2.36. The topological polar surface area (TPSA) is 27.7 Å². The van der Waals surface area contributed by atoms with Crippen molar-refractivity contribution in [3.63, 3.8) is 0 Å². The summed E-state index contributed by atoms with van der Waals surface area (Å²) >= 11 is 0. The van der Waals surface area contributed by atoms with Crippen molar-refractivity contribution in [3.8, 4) is 5.75 Å². The van der Waals surface area contributed by atoms with Crippen molar-refractivity contribution in [2.24, 2.45) is 0 Å². The van der Waals surface area contributed by atoms with Crippen LogP contribution in [0.25, 0.3) is 0 Å². The van der Waals surface area contributed by atoms with Crippen LogP contribution >= 0.6 is 0 Å². The van der Waals surface area contributed by atoms with Gasteiger partial charge in [-0.15, -0.1) is 0 Å². The SMILES string of the molecule is Cc1ccc(F)c(OC2CCOC3(CCOCC3)C2)c1. The standard InChI is InChI=1S/C16H21FO3/c1-12-2-3-14(17)15(10-12)20-13-4-7-19-16(11-13)5-8-18-9-6-16/h2-3,10,13H,4-9,11H2,1H3. The average Bonchev–Trinajstić information content (AvgIpc) is 2.44. The molecule has 1 aromatic carbocycles. The molecule has 0 radical (unpaired) electrons. The molecule has 0 bridgehead atoms. The quantitative estimate of drug-likeness (QED) is 0.832. The first kappa shape index (κ1) is 13.8. The zero-order valence-electron chi connectivity index (χ0n) is 11.9. The van der Waals surface area contributed by atoms with Gasteiger partial charge in [0.05, 0.1) is 12.2 Å². The van der Waals surface area contributed by atoms with Crippen molar-refractivity contribution < 1.29 is 18.6 Å². The fourth-order valence-corrected chi connectivity index (χ4v) is 3.06. The molecule has 2 heterocycles. The molecule has 1 aromatic rings. The molecule has 1 spiro atoms. The third kappa shape index (κ3) is 2.96. The van der Waals surface area contributed by atoms with E-state index in [0.29, 0.717) is 12.4 Å². The van der Waals surface area contributed by atoms with E-state index in [1.165, 1.54) is 6.07 Å². The molecule has 4 heteroatoms. The first-order valence-corrected chi connectivity index (χ1v) is 7.31. The lowest BCUT2D eigenvalue weighted by atomic mass is 9.85. The third-order valence-corrected chi connectivity index (χ3v) is 4.23. The summed E-state index contributed by atoms with van der Waals surface area (Å²) in [5, 5.41) is 0. The van der Waals surface area contributed by atoms with Crippen molar-refractivity contribution in [1.82, 2.24) is 0 Å². The monoisotopic (exact) mass is 280 g/mol. The molecule has 0 aliphatic carbocycles. The van der Waals surface area contributed by atoms with E-state index in [2.05, 4.69) is 0 Å². The molecule has 2 fully saturated rings. The van der Waals surface area contributed by atoms with E-state index < -0.39 is 0 Å². The van der Waals surface area contributed by atoms with Gasteiger partial charge in [0.15, 0.2) is 11.6 Å². The first-order valence-electron chi connectivity index (χ1n) is 7.31.